The minimum atomic E-state index is 0.715. The second-order valence-electron chi connectivity index (χ2n) is 3.31. The van der Waals surface area contributed by atoms with Gasteiger partial charge < -0.3 is 5.73 Å². The van der Waals surface area contributed by atoms with Crippen LogP contribution < -0.4 is 5.73 Å². The first-order valence-electron chi connectivity index (χ1n) is 4.12. The summed E-state index contributed by atoms with van der Waals surface area (Å²) in [5.74, 6) is 1.55. The Hall–Kier alpha value is -0.550. The Morgan fingerprint density at radius 1 is 1.18 bits per heavy atom. The van der Waals surface area contributed by atoms with Crippen molar-refractivity contribution in [3.63, 3.8) is 0 Å². The molecule has 0 aliphatic rings. The van der Waals surface area contributed by atoms with E-state index in [1.54, 1.807) is 0 Å². The van der Waals surface area contributed by atoms with Gasteiger partial charge in [-0.1, -0.05) is 27.2 Å². The van der Waals surface area contributed by atoms with Crippen LogP contribution in [0.3, 0.4) is 0 Å². The number of nitrogens with two attached hydrogens (primary N) is 1. The quantitative estimate of drug-likeness (QED) is 0.678. The molecular formula is C9H20N2. The summed E-state index contributed by atoms with van der Waals surface area (Å²) in [6.07, 6.45) is 2.60. The maximum Gasteiger partial charge on any atom is 0.0462 e. The molecule has 0 amide bonds. The number of hydrogen-bond donors (Lipinski definition) is 1. The third kappa shape index (κ3) is 12.6. The first kappa shape index (κ1) is 13.1. The van der Waals surface area contributed by atoms with Gasteiger partial charge in [0.15, 0.2) is 0 Å². The summed E-state index contributed by atoms with van der Waals surface area (Å²) in [5.41, 5.74) is 5.46. The Bertz CT molecular complexity index is 86.8. The van der Waals surface area contributed by atoms with Gasteiger partial charge in [-0.05, 0) is 24.8 Å². The molecular weight excluding hydrogens is 136 g/mol. The summed E-state index contributed by atoms with van der Waals surface area (Å²) in [6.45, 7) is 11.1. The Kier molecular flexibility index (Phi) is 11.2. The Balaban J connectivity index is 0. The van der Waals surface area contributed by atoms with Gasteiger partial charge in [0.25, 0.3) is 0 Å². The van der Waals surface area contributed by atoms with Gasteiger partial charge >= 0.3 is 0 Å². The molecule has 0 bridgehead atoms. The molecule has 2 nitrogen and oxygen atoms in total. The van der Waals surface area contributed by atoms with Crippen molar-refractivity contribution in [1.29, 1.82) is 5.26 Å². The molecule has 2 N–H and O–H groups in total. The Morgan fingerprint density at radius 3 is 1.91 bits per heavy atom. The standard InChI is InChI=1S/C8H19N.CHN/c1-7(2)4-5-8(3)6-9;1-2/h7-8H,4-6,9H2,1-3H3;1H. The molecule has 11 heavy (non-hydrogen) atoms. The van der Waals surface area contributed by atoms with Crippen LogP contribution in [0.15, 0.2) is 0 Å². The highest BCUT2D eigenvalue weighted by Gasteiger charge is 1.99. The number of hydrogen-bond acceptors (Lipinski definition) is 2. The molecule has 0 aromatic heterocycles. The lowest BCUT2D eigenvalue weighted by Gasteiger charge is -2.08. The normalized spacial score (nSPS) is 11.9. The molecule has 0 aliphatic carbocycles. The Morgan fingerprint density at radius 2 is 1.64 bits per heavy atom. The van der Waals surface area contributed by atoms with Crippen LogP contribution in [0, 0.1) is 23.7 Å². The van der Waals surface area contributed by atoms with Crippen LogP contribution >= 0.6 is 0 Å². The third-order valence-corrected chi connectivity index (χ3v) is 1.64. The molecule has 0 heterocycles. The van der Waals surface area contributed by atoms with Gasteiger partial charge in [0.05, 0.1) is 0 Å². The second kappa shape index (κ2) is 9.45. The topological polar surface area (TPSA) is 49.8 Å². The summed E-state index contributed by atoms with van der Waals surface area (Å²) in [7, 11) is 0. The summed E-state index contributed by atoms with van der Waals surface area (Å²) in [6, 6.07) is 0. The van der Waals surface area contributed by atoms with Gasteiger partial charge in [-0.25, -0.2) is 5.26 Å². The molecule has 0 saturated carbocycles. The molecule has 1 atom stereocenters. The van der Waals surface area contributed by atoms with E-state index in [0.29, 0.717) is 5.92 Å². The molecule has 2 heteroatoms. The predicted octanol–water partition coefficient (Wildman–Crippen LogP) is 2.16. The van der Waals surface area contributed by atoms with E-state index >= 15 is 0 Å². The lowest BCUT2D eigenvalue weighted by Crippen LogP contribution is -2.11. The van der Waals surface area contributed by atoms with Gasteiger partial charge in [0.2, 0.25) is 0 Å². The minimum absolute atomic E-state index is 0.715. The fraction of sp³-hybridized carbons (Fsp3) is 0.889. The van der Waals surface area contributed by atoms with Crippen LogP contribution in [-0.2, 0) is 0 Å². The number of nitrogens with zero attached hydrogens (tertiary/aromatic N) is 1. The monoisotopic (exact) mass is 156 g/mol. The third-order valence-electron chi connectivity index (χ3n) is 1.64. The lowest BCUT2D eigenvalue weighted by atomic mass is 10.00. The van der Waals surface area contributed by atoms with Gasteiger partial charge in [0.1, 0.15) is 0 Å². The number of nitriles is 1. The molecule has 0 rings (SSSR count). The maximum absolute atomic E-state index is 6.50. The molecule has 0 saturated heterocycles. The van der Waals surface area contributed by atoms with Crippen molar-refractivity contribution >= 4 is 0 Å². The highest BCUT2D eigenvalue weighted by molar-refractivity contribution is 4.54. The van der Waals surface area contributed by atoms with E-state index in [4.69, 9.17) is 11.0 Å². The summed E-state index contributed by atoms with van der Waals surface area (Å²) in [5, 5.41) is 6.50. The molecule has 0 radical (unpaired) electrons. The average molecular weight is 156 g/mol. The largest absolute Gasteiger partial charge is 0.330 e. The van der Waals surface area contributed by atoms with E-state index in [0.717, 1.165) is 12.5 Å². The summed E-state index contributed by atoms with van der Waals surface area (Å²) < 4.78 is 0. The molecule has 1 unspecified atom stereocenters. The molecule has 0 spiro atoms. The van der Waals surface area contributed by atoms with Crippen LogP contribution in [0.25, 0.3) is 0 Å². The van der Waals surface area contributed by atoms with Gasteiger partial charge in [0, 0.05) is 6.57 Å². The van der Waals surface area contributed by atoms with Crippen molar-refractivity contribution in [2.45, 2.75) is 33.6 Å². The van der Waals surface area contributed by atoms with E-state index in [1.807, 2.05) is 0 Å². The molecule has 0 aliphatic heterocycles. The van der Waals surface area contributed by atoms with Crippen LogP contribution in [0.4, 0.5) is 0 Å². The Labute approximate surface area is 70.4 Å². The van der Waals surface area contributed by atoms with Crippen LogP contribution in [0.1, 0.15) is 33.6 Å². The molecule has 66 valence electrons. The lowest BCUT2D eigenvalue weighted by molar-refractivity contribution is 0.457. The fourth-order valence-electron chi connectivity index (χ4n) is 0.736. The zero-order valence-corrected chi connectivity index (χ0v) is 7.88. The SMILES string of the molecule is C#N.CC(C)CCC(C)CN. The molecule has 0 aromatic carbocycles. The van der Waals surface area contributed by atoms with Gasteiger partial charge in [-0.2, -0.15) is 0 Å². The van der Waals surface area contributed by atoms with Crippen molar-refractivity contribution in [3.05, 3.63) is 0 Å². The second-order valence-corrected chi connectivity index (χ2v) is 3.31. The van der Waals surface area contributed by atoms with E-state index in [-0.39, 0.29) is 0 Å². The predicted molar refractivity (Wildman–Crippen MR) is 49.0 cm³/mol. The van der Waals surface area contributed by atoms with Crippen LogP contribution in [0.5, 0.6) is 0 Å². The van der Waals surface area contributed by atoms with Crippen molar-refractivity contribution in [3.8, 4) is 6.57 Å². The van der Waals surface area contributed by atoms with Gasteiger partial charge in [-0.15, -0.1) is 0 Å². The smallest absolute Gasteiger partial charge is 0.0462 e. The van der Waals surface area contributed by atoms with E-state index in [9.17, 15) is 0 Å². The summed E-state index contributed by atoms with van der Waals surface area (Å²) >= 11 is 0. The van der Waals surface area contributed by atoms with Crippen molar-refractivity contribution in [1.82, 2.24) is 0 Å². The molecule has 0 aromatic rings. The van der Waals surface area contributed by atoms with Crippen molar-refractivity contribution in [2.24, 2.45) is 17.6 Å². The van der Waals surface area contributed by atoms with E-state index in [1.165, 1.54) is 12.8 Å². The zero-order valence-electron chi connectivity index (χ0n) is 7.88. The summed E-state index contributed by atoms with van der Waals surface area (Å²) in [4.78, 5) is 0. The highest BCUT2D eigenvalue weighted by atomic mass is 14.5. The van der Waals surface area contributed by atoms with Crippen molar-refractivity contribution in [2.75, 3.05) is 6.54 Å². The van der Waals surface area contributed by atoms with Gasteiger partial charge in [-0.3, -0.25) is 0 Å². The van der Waals surface area contributed by atoms with Crippen LogP contribution in [0.2, 0.25) is 0 Å². The fourth-order valence-corrected chi connectivity index (χ4v) is 0.736. The maximum atomic E-state index is 6.50. The van der Waals surface area contributed by atoms with E-state index < -0.39 is 0 Å². The minimum Gasteiger partial charge on any atom is -0.330 e. The highest BCUT2D eigenvalue weighted by Crippen LogP contribution is 2.09. The average Bonchev–Trinajstić information content (AvgIpc) is 2.04. The first-order chi connectivity index (χ1) is 5.16. The van der Waals surface area contributed by atoms with Crippen LogP contribution in [-0.4, -0.2) is 6.54 Å². The van der Waals surface area contributed by atoms with Crippen molar-refractivity contribution < 1.29 is 0 Å². The van der Waals surface area contributed by atoms with E-state index in [2.05, 4.69) is 27.3 Å². The zero-order chi connectivity index (χ0) is 9.28. The molecule has 0 fully saturated rings. The number of rotatable bonds is 4. The first-order valence-corrected chi connectivity index (χ1v) is 4.12.